The summed E-state index contributed by atoms with van der Waals surface area (Å²) in [5.74, 6) is 2.16. The minimum atomic E-state index is -0.562. The normalized spacial score (nSPS) is 13.6. The van der Waals surface area contributed by atoms with Crippen molar-refractivity contribution < 1.29 is 37.7 Å². The summed E-state index contributed by atoms with van der Waals surface area (Å²) in [6, 6.07) is 16.0. The molecule has 19 nitrogen and oxygen atoms in total. The minimum absolute atomic E-state index is 0.0847. The van der Waals surface area contributed by atoms with Gasteiger partial charge in [0.2, 0.25) is 11.8 Å². The number of methoxy groups -OCH3 is 1. The molecule has 0 spiro atoms. The van der Waals surface area contributed by atoms with Crippen LogP contribution in [-0.2, 0) is 35.1 Å². The third-order valence-corrected chi connectivity index (χ3v) is 14.8. The van der Waals surface area contributed by atoms with E-state index in [-0.39, 0.29) is 43.6 Å². The number of pyridine rings is 2. The number of benzene rings is 2. The van der Waals surface area contributed by atoms with Crippen LogP contribution in [0.15, 0.2) is 87.5 Å². The second kappa shape index (κ2) is 24.3. The van der Waals surface area contributed by atoms with Gasteiger partial charge in [0.15, 0.2) is 5.82 Å². The summed E-state index contributed by atoms with van der Waals surface area (Å²) in [6.45, 7) is 14.9. The predicted molar refractivity (Wildman–Crippen MR) is 290 cm³/mol. The van der Waals surface area contributed by atoms with Gasteiger partial charge in [0.1, 0.15) is 34.9 Å². The first-order chi connectivity index (χ1) is 36.8. The Labute approximate surface area is 448 Å². The average molecular weight is 1070 g/mol. The second-order valence-corrected chi connectivity index (χ2v) is 20.0. The van der Waals surface area contributed by atoms with E-state index in [1.165, 1.54) is 9.44 Å². The van der Waals surface area contributed by atoms with Crippen molar-refractivity contribution in [3.63, 3.8) is 0 Å². The number of aromatic nitrogens is 7. The van der Waals surface area contributed by atoms with Crippen molar-refractivity contribution >= 4 is 62.4 Å². The molecule has 76 heavy (non-hydrogen) atoms. The highest BCUT2D eigenvalue weighted by atomic mass is 35.5. The first kappa shape index (κ1) is 53.7. The van der Waals surface area contributed by atoms with Crippen LogP contribution in [0.5, 0.6) is 5.75 Å². The minimum Gasteiger partial charge on any atom is -0.496 e. The molecule has 398 valence electrons. The zero-order valence-corrected chi connectivity index (χ0v) is 45.2. The predicted octanol–water partition coefficient (Wildman–Crippen LogP) is 7.74. The van der Waals surface area contributed by atoms with Gasteiger partial charge in [0.05, 0.1) is 113 Å². The average Bonchev–Trinajstić information content (AvgIpc) is 4.13. The molecule has 6 aromatic heterocycles. The molecule has 2 atom stereocenters. The number of carbonyl (C=O) groups is 2. The number of furan rings is 1. The fourth-order valence-corrected chi connectivity index (χ4v) is 10.8. The summed E-state index contributed by atoms with van der Waals surface area (Å²) in [4.78, 5) is 56.6. The molecule has 0 radical (unpaired) electrons. The van der Waals surface area contributed by atoms with E-state index in [4.69, 9.17) is 49.7 Å². The molecule has 7 heterocycles. The molecule has 9 rings (SSSR count). The molecule has 0 fully saturated rings. The molecule has 2 amide bonds. The van der Waals surface area contributed by atoms with Gasteiger partial charge in [-0.05, 0) is 89.1 Å². The molecule has 2 unspecified atom stereocenters. The lowest BCUT2D eigenvalue weighted by molar-refractivity contribution is -0.122. The molecule has 2 aromatic carbocycles. The SMILES string of the molecule is COc1cc2c(cc1-c1c(C)coc1C)ncc1c2n(C(C)c2ccccn2)c(=O)n1CC(=O)NCCOCCOCCOCCOCCNC(=O)CC1N=C(c2ccc(Cl)cc2)c2c(sc(C)c2C)-n2c(C)nnc21. The van der Waals surface area contributed by atoms with Crippen molar-refractivity contribution in [1.29, 1.82) is 0 Å². The van der Waals surface area contributed by atoms with Crippen LogP contribution < -0.4 is 21.1 Å². The number of carbonyl (C=O) groups excluding carboxylic acids is 2. The van der Waals surface area contributed by atoms with E-state index in [2.05, 4.69) is 39.7 Å². The number of halogens is 1. The Hall–Kier alpha value is -7.07. The number of hydrogen-bond acceptors (Lipinski definition) is 15. The zero-order valence-electron chi connectivity index (χ0n) is 43.6. The summed E-state index contributed by atoms with van der Waals surface area (Å²) >= 11 is 7.90. The summed E-state index contributed by atoms with van der Waals surface area (Å²) in [7, 11) is 1.61. The van der Waals surface area contributed by atoms with Crippen molar-refractivity contribution in [2.75, 3.05) is 73.1 Å². The molecule has 1 aliphatic heterocycles. The van der Waals surface area contributed by atoms with Gasteiger partial charge in [0, 0.05) is 56.8 Å². The third kappa shape index (κ3) is 11.5. The first-order valence-corrected chi connectivity index (χ1v) is 26.3. The molecule has 2 N–H and O–H groups in total. The Morgan fingerprint density at radius 3 is 2.17 bits per heavy atom. The maximum absolute atomic E-state index is 14.3. The number of nitrogens with one attached hydrogen (secondary N) is 2. The van der Waals surface area contributed by atoms with Gasteiger partial charge in [0.25, 0.3) is 0 Å². The second-order valence-electron chi connectivity index (χ2n) is 18.3. The van der Waals surface area contributed by atoms with Crippen molar-refractivity contribution in [3.8, 4) is 21.9 Å². The van der Waals surface area contributed by atoms with Crippen LogP contribution in [0.1, 0.15) is 75.7 Å². The standard InChI is InChI=1S/C55H61ClN10O9S/c1-32-31-75-35(4)49(32)41-26-43-40(27-46(41)70-7)52-45(29-60-43)64(55(69)65(52)34(3)42-10-8-9-15-57-42)30-48(68)59-17-19-72-21-23-74-25-24-73-22-20-71-18-16-58-47(67)28-44-53-63-62-37(6)66(53)54-50(33(2)36(5)76-54)51(61-44)38-11-13-39(56)14-12-38/h8-15,26-27,29,31,34,44H,16-25,28,30H2,1-7H3,(H,58,67)(H,59,68). The van der Waals surface area contributed by atoms with Crippen molar-refractivity contribution in [2.45, 2.75) is 66.6 Å². The maximum Gasteiger partial charge on any atom is 0.330 e. The number of thiophene rings is 1. The number of aliphatic imine (C=N–C) groups is 1. The zero-order chi connectivity index (χ0) is 53.5. The molecule has 1 aliphatic rings. The molecule has 0 saturated heterocycles. The van der Waals surface area contributed by atoms with Gasteiger partial charge in [-0.15, -0.1) is 21.5 Å². The molecular weight excluding hydrogens is 1010 g/mol. The first-order valence-electron chi connectivity index (χ1n) is 25.1. The quantitative estimate of drug-likeness (QED) is 0.0555. The maximum atomic E-state index is 14.3. The van der Waals surface area contributed by atoms with E-state index in [0.29, 0.717) is 97.0 Å². The van der Waals surface area contributed by atoms with Crippen LogP contribution in [0.4, 0.5) is 0 Å². The van der Waals surface area contributed by atoms with E-state index in [1.807, 2.05) is 86.9 Å². The molecule has 0 bridgehead atoms. The van der Waals surface area contributed by atoms with E-state index in [1.54, 1.807) is 41.7 Å². The van der Waals surface area contributed by atoms with E-state index in [9.17, 15) is 14.4 Å². The summed E-state index contributed by atoms with van der Waals surface area (Å²) in [5.41, 5.74) is 8.62. The van der Waals surface area contributed by atoms with Crippen LogP contribution >= 0.6 is 22.9 Å². The number of aryl methyl sites for hydroxylation is 4. The topological polar surface area (TPSA) is 213 Å². The monoisotopic (exact) mass is 1070 g/mol. The van der Waals surface area contributed by atoms with E-state index < -0.39 is 12.1 Å². The van der Waals surface area contributed by atoms with Crippen LogP contribution in [0, 0.1) is 34.6 Å². The number of amides is 2. The van der Waals surface area contributed by atoms with Crippen molar-refractivity contribution in [3.05, 3.63) is 139 Å². The number of hydrogen-bond donors (Lipinski definition) is 2. The van der Waals surface area contributed by atoms with Crippen LogP contribution in [0.25, 0.3) is 38.1 Å². The van der Waals surface area contributed by atoms with E-state index >= 15 is 0 Å². The van der Waals surface area contributed by atoms with Crippen molar-refractivity contribution in [1.82, 2.24) is 44.5 Å². The fourth-order valence-electron chi connectivity index (χ4n) is 9.45. The van der Waals surface area contributed by atoms with Crippen LogP contribution in [0.2, 0.25) is 5.02 Å². The lowest BCUT2D eigenvalue weighted by Gasteiger charge is -2.15. The lowest BCUT2D eigenvalue weighted by Crippen LogP contribution is -2.35. The fraction of sp³-hybridized carbons (Fsp3) is 0.382. The number of fused-ring (bicyclic) bond motifs is 6. The van der Waals surface area contributed by atoms with Gasteiger partial charge in [-0.3, -0.25) is 38.3 Å². The van der Waals surface area contributed by atoms with Gasteiger partial charge in [-0.25, -0.2) is 4.79 Å². The summed E-state index contributed by atoms with van der Waals surface area (Å²) < 4.78 is 39.4. The molecule has 0 saturated carbocycles. The van der Waals surface area contributed by atoms with Crippen molar-refractivity contribution in [2.24, 2.45) is 4.99 Å². The Morgan fingerprint density at radius 1 is 0.842 bits per heavy atom. The number of imidazole rings is 1. The van der Waals surface area contributed by atoms with Gasteiger partial charge in [-0.2, -0.15) is 0 Å². The largest absolute Gasteiger partial charge is 0.496 e. The van der Waals surface area contributed by atoms with E-state index in [0.717, 1.165) is 55.7 Å². The van der Waals surface area contributed by atoms with Gasteiger partial charge in [-0.1, -0.05) is 29.8 Å². The van der Waals surface area contributed by atoms with Crippen LogP contribution in [0.3, 0.4) is 0 Å². The highest BCUT2D eigenvalue weighted by Crippen LogP contribution is 2.41. The number of rotatable bonds is 24. The lowest BCUT2D eigenvalue weighted by atomic mass is 9.99. The number of ether oxygens (including phenoxy) is 5. The summed E-state index contributed by atoms with van der Waals surface area (Å²) in [5, 5.41) is 17.0. The molecule has 0 aliphatic carbocycles. The molecule has 8 aromatic rings. The third-order valence-electron chi connectivity index (χ3n) is 13.3. The summed E-state index contributed by atoms with van der Waals surface area (Å²) in [6.07, 6.45) is 5.12. The van der Waals surface area contributed by atoms with Gasteiger partial charge < -0.3 is 38.7 Å². The smallest absolute Gasteiger partial charge is 0.330 e. The Bertz CT molecular complexity index is 3440. The molecule has 21 heteroatoms. The Morgan fingerprint density at radius 2 is 1.53 bits per heavy atom. The Kier molecular flexibility index (Phi) is 17.2. The molecular formula is C55H61ClN10O9S. The highest BCUT2D eigenvalue weighted by molar-refractivity contribution is 7.15. The van der Waals surface area contributed by atoms with Crippen LogP contribution in [-0.4, -0.2) is 124 Å². The highest BCUT2D eigenvalue weighted by Gasteiger charge is 2.33. The number of nitrogens with zero attached hydrogens (tertiary/aromatic N) is 8. The van der Waals surface area contributed by atoms with Gasteiger partial charge >= 0.3 is 5.69 Å². The Balaban J connectivity index is 0.680.